The van der Waals surface area contributed by atoms with Gasteiger partial charge in [-0.3, -0.25) is 4.98 Å². The first-order chi connectivity index (χ1) is 17.4. The molecule has 36 heavy (non-hydrogen) atoms. The first kappa shape index (κ1) is 24.1. The van der Waals surface area contributed by atoms with Crippen molar-refractivity contribution in [2.24, 2.45) is 0 Å². The lowest BCUT2D eigenvalue weighted by Gasteiger charge is -2.28. The third-order valence-electron chi connectivity index (χ3n) is 7.16. The monoisotopic (exact) mass is 496 g/mol. The molecule has 1 aliphatic heterocycles. The van der Waals surface area contributed by atoms with Gasteiger partial charge < -0.3 is 19.5 Å². The van der Waals surface area contributed by atoms with Crippen LogP contribution in [0.1, 0.15) is 52.8 Å². The van der Waals surface area contributed by atoms with Gasteiger partial charge in [0.15, 0.2) is 5.11 Å². The normalized spacial score (nSPS) is 17.4. The summed E-state index contributed by atoms with van der Waals surface area (Å²) in [5.41, 5.74) is 9.54. The van der Waals surface area contributed by atoms with E-state index in [1.807, 2.05) is 30.5 Å². The van der Waals surface area contributed by atoms with E-state index in [1.54, 1.807) is 7.11 Å². The largest absolute Gasteiger partial charge is 0.497 e. The van der Waals surface area contributed by atoms with Crippen LogP contribution in [0.2, 0.25) is 0 Å². The third kappa shape index (κ3) is 4.05. The zero-order chi connectivity index (χ0) is 25.4. The molecule has 1 aliphatic rings. The van der Waals surface area contributed by atoms with Crippen LogP contribution in [-0.4, -0.2) is 21.8 Å². The summed E-state index contributed by atoms with van der Waals surface area (Å²) >= 11 is 5.92. The van der Waals surface area contributed by atoms with Gasteiger partial charge in [0.1, 0.15) is 5.75 Å². The molecule has 1 fully saturated rings. The van der Waals surface area contributed by atoms with Gasteiger partial charge in [0.05, 0.1) is 30.6 Å². The van der Waals surface area contributed by atoms with Crippen LogP contribution in [0.5, 0.6) is 5.75 Å². The van der Waals surface area contributed by atoms with Crippen molar-refractivity contribution in [2.45, 2.75) is 46.2 Å². The first-order valence-corrected chi connectivity index (χ1v) is 12.8. The van der Waals surface area contributed by atoms with E-state index in [2.05, 4.69) is 84.9 Å². The van der Waals surface area contributed by atoms with Gasteiger partial charge in [-0.25, -0.2) is 0 Å². The van der Waals surface area contributed by atoms with Crippen LogP contribution in [0.25, 0.3) is 5.69 Å². The van der Waals surface area contributed by atoms with Crippen LogP contribution >= 0.6 is 12.2 Å². The summed E-state index contributed by atoms with van der Waals surface area (Å²) in [5, 5.41) is 4.27. The van der Waals surface area contributed by atoms with Gasteiger partial charge in [0, 0.05) is 23.3 Å². The van der Waals surface area contributed by atoms with Crippen molar-refractivity contribution >= 4 is 23.0 Å². The lowest BCUT2D eigenvalue weighted by atomic mass is 9.96. The average molecular weight is 497 g/mol. The highest BCUT2D eigenvalue weighted by Crippen LogP contribution is 2.44. The van der Waals surface area contributed by atoms with Crippen LogP contribution in [0.4, 0.5) is 5.69 Å². The summed E-state index contributed by atoms with van der Waals surface area (Å²) < 4.78 is 7.81. The maximum atomic E-state index is 5.92. The molecule has 0 amide bonds. The second-order valence-corrected chi connectivity index (χ2v) is 9.68. The van der Waals surface area contributed by atoms with E-state index in [0.29, 0.717) is 5.11 Å². The molecule has 184 valence electrons. The quantitative estimate of drug-likeness (QED) is 0.307. The van der Waals surface area contributed by atoms with Crippen LogP contribution < -0.4 is 15.0 Å². The van der Waals surface area contributed by atoms with Crippen LogP contribution in [0.3, 0.4) is 0 Å². The van der Waals surface area contributed by atoms with Crippen molar-refractivity contribution in [3.8, 4) is 11.4 Å². The molecule has 4 aromatic rings. The van der Waals surface area contributed by atoms with Gasteiger partial charge >= 0.3 is 0 Å². The number of hydrogen-bond donors (Lipinski definition) is 1. The van der Waals surface area contributed by atoms with Gasteiger partial charge in [-0.2, -0.15) is 0 Å². The number of nitrogens with one attached hydrogen (secondary N) is 1. The molecule has 1 saturated heterocycles. The minimum absolute atomic E-state index is 0.0603. The van der Waals surface area contributed by atoms with E-state index in [-0.39, 0.29) is 12.1 Å². The Hall–Kier alpha value is -3.64. The Kier molecular flexibility index (Phi) is 6.54. The number of rotatable bonds is 6. The molecule has 0 radical (unpaired) electrons. The number of aryl methyl sites for hydroxylation is 3. The molecule has 1 N–H and O–H groups in total. The van der Waals surface area contributed by atoms with E-state index in [9.17, 15) is 0 Å². The zero-order valence-corrected chi connectivity index (χ0v) is 22.3. The SMILES string of the molecule is CCc1cccc(C)c1-n1c(C)cc([C@H]2[C@H](c3ccccn3)NC(=S)N2c2ccc(OC)cc2)c1C. The number of pyridine rings is 1. The molecule has 2 aromatic carbocycles. The molecule has 3 heterocycles. The zero-order valence-electron chi connectivity index (χ0n) is 21.4. The van der Waals surface area contributed by atoms with E-state index < -0.39 is 0 Å². The van der Waals surface area contributed by atoms with Crippen LogP contribution in [0, 0.1) is 20.8 Å². The topological polar surface area (TPSA) is 42.3 Å². The number of hydrogen-bond acceptors (Lipinski definition) is 3. The number of benzene rings is 2. The minimum atomic E-state index is -0.0859. The Morgan fingerprint density at radius 1 is 1.00 bits per heavy atom. The van der Waals surface area contributed by atoms with Gasteiger partial charge in [-0.1, -0.05) is 31.2 Å². The Balaban J connectivity index is 1.70. The summed E-state index contributed by atoms with van der Waals surface area (Å²) in [7, 11) is 1.68. The second-order valence-electron chi connectivity index (χ2n) is 9.29. The lowest BCUT2D eigenvalue weighted by molar-refractivity contribution is 0.415. The Bertz CT molecular complexity index is 1390. The highest BCUT2D eigenvalue weighted by molar-refractivity contribution is 7.80. The molecule has 5 rings (SSSR count). The number of ether oxygens (including phenoxy) is 1. The van der Waals surface area contributed by atoms with Gasteiger partial charge in [0.2, 0.25) is 0 Å². The summed E-state index contributed by atoms with van der Waals surface area (Å²) in [4.78, 5) is 6.93. The predicted octanol–water partition coefficient (Wildman–Crippen LogP) is 6.55. The molecule has 2 atom stereocenters. The molecule has 0 unspecified atom stereocenters. The minimum Gasteiger partial charge on any atom is -0.497 e. The van der Waals surface area contributed by atoms with Crippen molar-refractivity contribution in [2.75, 3.05) is 12.0 Å². The van der Waals surface area contributed by atoms with Gasteiger partial charge in [-0.15, -0.1) is 0 Å². The number of anilines is 1. The molecule has 6 heteroatoms. The Morgan fingerprint density at radius 2 is 1.78 bits per heavy atom. The second kappa shape index (κ2) is 9.78. The highest BCUT2D eigenvalue weighted by atomic mass is 32.1. The van der Waals surface area contributed by atoms with Crippen molar-refractivity contribution in [1.82, 2.24) is 14.9 Å². The average Bonchev–Trinajstić information content (AvgIpc) is 3.39. The number of methoxy groups -OCH3 is 1. The van der Waals surface area contributed by atoms with Crippen LogP contribution in [0.15, 0.2) is 72.9 Å². The van der Waals surface area contributed by atoms with E-state index in [0.717, 1.165) is 23.6 Å². The van der Waals surface area contributed by atoms with Crippen molar-refractivity contribution in [3.05, 3.63) is 107 Å². The van der Waals surface area contributed by atoms with E-state index >= 15 is 0 Å². The van der Waals surface area contributed by atoms with Gasteiger partial charge in [0.25, 0.3) is 0 Å². The fourth-order valence-corrected chi connectivity index (χ4v) is 5.79. The van der Waals surface area contributed by atoms with Gasteiger partial charge in [-0.05, 0) is 98.6 Å². The lowest BCUT2D eigenvalue weighted by Crippen LogP contribution is -2.29. The maximum absolute atomic E-state index is 5.92. The fourth-order valence-electron chi connectivity index (χ4n) is 5.45. The molecule has 5 nitrogen and oxygen atoms in total. The summed E-state index contributed by atoms with van der Waals surface area (Å²) in [5.74, 6) is 0.819. The summed E-state index contributed by atoms with van der Waals surface area (Å²) in [6, 6.07) is 22.9. The number of nitrogens with zero attached hydrogens (tertiary/aromatic N) is 3. The summed E-state index contributed by atoms with van der Waals surface area (Å²) in [6.07, 6.45) is 2.82. The molecular formula is C30H32N4OS. The molecular weight excluding hydrogens is 464 g/mol. The maximum Gasteiger partial charge on any atom is 0.174 e. The molecule has 0 bridgehead atoms. The number of para-hydroxylation sites is 1. The van der Waals surface area contributed by atoms with Crippen molar-refractivity contribution in [3.63, 3.8) is 0 Å². The molecule has 2 aromatic heterocycles. The van der Waals surface area contributed by atoms with Crippen molar-refractivity contribution in [1.29, 1.82) is 0 Å². The fraction of sp³-hybridized carbons (Fsp3) is 0.267. The summed E-state index contributed by atoms with van der Waals surface area (Å²) in [6.45, 7) is 8.82. The van der Waals surface area contributed by atoms with E-state index in [1.165, 1.54) is 33.8 Å². The molecule has 0 saturated carbocycles. The third-order valence-corrected chi connectivity index (χ3v) is 7.48. The molecule has 0 spiro atoms. The highest BCUT2D eigenvalue weighted by Gasteiger charge is 2.42. The smallest absolute Gasteiger partial charge is 0.174 e. The predicted molar refractivity (Wildman–Crippen MR) is 150 cm³/mol. The Labute approximate surface area is 218 Å². The first-order valence-electron chi connectivity index (χ1n) is 12.4. The molecule has 0 aliphatic carbocycles. The standard InChI is InChI=1S/C30H32N4OS/c1-6-22-11-9-10-19(2)28(22)33-20(3)18-25(21(33)4)29-27(26-12-7-8-17-31-26)32-30(36)34(29)23-13-15-24(35-5)16-14-23/h7-18,27,29H,6H2,1-5H3,(H,32,36)/t27-,29-/m0/s1. The number of thiocarbonyl (C=S) groups is 1. The Morgan fingerprint density at radius 3 is 2.44 bits per heavy atom. The van der Waals surface area contributed by atoms with Crippen molar-refractivity contribution < 1.29 is 4.74 Å². The van der Waals surface area contributed by atoms with Crippen LogP contribution in [-0.2, 0) is 6.42 Å². The number of aromatic nitrogens is 2. The van der Waals surface area contributed by atoms with E-state index in [4.69, 9.17) is 21.9 Å².